The predicted molar refractivity (Wildman–Crippen MR) is 136 cm³/mol. The van der Waals surface area contributed by atoms with Gasteiger partial charge in [-0.1, -0.05) is 13.8 Å². The van der Waals surface area contributed by atoms with Crippen LogP contribution in [0.1, 0.15) is 43.5 Å². The zero-order valence-corrected chi connectivity index (χ0v) is 20.1. The third-order valence-electron chi connectivity index (χ3n) is 5.40. The average molecular weight is 469 g/mol. The zero-order chi connectivity index (χ0) is 23.6. The minimum Gasteiger partial charge on any atom is -0.494 e. The van der Waals surface area contributed by atoms with Crippen LogP contribution in [0.15, 0.2) is 48.5 Å². The quantitative estimate of drug-likeness (QED) is 0.570. The Kier molecular flexibility index (Phi) is 9.06. The molecule has 8 heteroatoms. The fourth-order valence-electron chi connectivity index (χ4n) is 3.60. The Labute approximate surface area is 201 Å². The Morgan fingerprint density at radius 2 is 1.61 bits per heavy atom. The summed E-state index contributed by atoms with van der Waals surface area (Å²) in [6.07, 6.45) is 2.44. The van der Waals surface area contributed by atoms with E-state index in [4.69, 9.17) is 17.0 Å². The fraction of sp³-hybridized carbons (Fsp3) is 0.400. The molecule has 0 atom stereocenters. The summed E-state index contributed by atoms with van der Waals surface area (Å²) >= 11 is 5.30. The van der Waals surface area contributed by atoms with Gasteiger partial charge in [-0.05, 0) is 73.6 Å². The van der Waals surface area contributed by atoms with E-state index in [1.807, 2.05) is 43.0 Å². The first-order valence-electron chi connectivity index (χ1n) is 11.5. The summed E-state index contributed by atoms with van der Waals surface area (Å²) in [7, 11) is 0. The molecule has 0 aromatic heterocycles. The first-order chi connectivity index (χ1) is 16.0. The zero-order valence-electron chi connectivity index (χ0n) is 19.3. The van der Waals surface area contributed by atoms with Gasteiger partial charge in [0.05, 0.1) is 6.61 Å². The van der Waals surface area contributed by atoms with Crippen LogP contribution in [0.2, 0.25) is 0 Å². The summed E-state index contributed by atoms with van der Waals surface area (Å²) in [5.74, 6) is 0.706. The number of carbonyl (C=O) groups is 2. The van der Waals surface area contributed by atoms with Crippen LogP contribution in [0.5, 0.6) is 5.75 Å². The van der Waals surface area contributed by atoms with Crippen molar-refractivity contribution in [3.05, 3.63) is 54.1 Å². The maximum Gasteiger partial charge on any atom is 0.257 e. The van der Waals surface area contributed by atoms with Gasteiger partial charge < -0.3 is 19.9 Å². The van der Waals surface area contributed by atoms with Crippen molar-refractivity contribution in [3.63, 3.8) is 0 Å². The molecule has 0 aliphatic carbocycles. The lowest BCUT2D eigenvalue weighted by molar-refractivity contribution is -0.131. The Morgan fingerprint density at radius 1 is 0.939 bits per heavy atom. The van der Waals surface area contributed by atoms with Crippen LogP contribution >= 0.6 is 12.2 Å². The summed E-state index contributed by atoms with van der Waals surface area (Å²) in [5.41, 5.74) is 2.41. The lowest BCUT2D eigenvalue weighted by Crippen LogP contribution is -2.48. The summed E-state index contributed by atoms with van der Waals surface area (Å²) in [5, 5.41) is 5.99. The first kappa shape index (κ1) is 24.5. The average Bonchev–Trinajstić information content (AvgIpc) is 2.83. The van der Waals surface area contributed by atoms with Crippen molar-refractivity contribution >= 4 is 40.5 Å². The van der Waals surface area contributed by atoms with Gasteiger partial charge in [-0.2, -0.15) is 0 Å². The van der Waals surface area contributed by atoms with E-state index in [-0.39, 0.29) is 16.9 Å². The van der Waals surface area contributed by atoms with Crippen molar-refractivity contribution in [2.45, 2.75) is 33.1 Å². The van der Waals surface area contributed by atoms with Gasteiger partial charge in [-0.3, -0.25) is 14.9 Å². The number of amides is 2. The number of nitrogens with zero attached hydrogens (tertiary/aromatic N) is 2. The standard InChI is InChI=1S/C25H32N4O3S/c1-3-5-23(30)29-16-14-28(15-17-29)21-10-8-20(9-11-21)26-25(33)27-24(31)19-6-12-22(13-7-19)32-18-4-2/h6-13H,3-5,14-18H2,1-2H3,(H2,26,27,31,33). The van der Waals surface area contributed by atoms with E-state index in [9.17, 15) is 9.59 Å². The molecule has 0 bridgehead atoms. The number of hydrogen-bond acceptors (Lipinski definition) is 5. The molecule has 2 aromatic rings. The van der Waals surface area contributed by atoms with Crippen LogP contribution in [0.3, 0.4) is 0 Å². The maximum absolute atomic E-state index is 12.4. The molecule has 0 spiro atoms. The van der Waals surface area contributed by atoms with Crippen LogP contribution in [-0.4, -0.2) is 54.6 Å². The van der Waals surface area contributed by atoms with Gasteiger partial charge in [0.15, 0.2) is 5.11 Å². The van der Waals surface area contributed by atoms with Crippen LogP contribution in [-0.2, 0) is 4.79 Å². The van der Waals surface area contributed by atoms with E-state index in [2.05, 4.69) is 15.5 Å². The Balaban J connectivity index is 1.47. The molecule has 2 N–H and O–H groups in total. The smallest absolute Gasteiger partial charge is 0.257 e. The highest BCUT2D eigenvalue weighted by atomic mass is 32.1. The molecule has 176 valence electrons. The molecule has 0 radical (unpaired) electrons. The van der Waals surface area contributed by atoms with Crippen LogP contribution in [0, 0.1) is 0 Å². The lowest BCUT2D eigenvalue weighted by Gasteiger charge is -2.36. The van der Waals surface area contributed by atoms with Crippen LogP contribution in [0.25, 0.3) is 0 Å². The molecular weight excluding hydrogens is 436 g/mol. The van der Waals surface area contributed by atoms with Crippen molar-refractivity contribution in [2.75, 3.05) is 43.0 Å². The predicted octanol–water partition coefficient (Wildman–Crippen LogP) is 4.05. The van der Waals surface area contributed by atoms with E-state index in [0.29, 0.717) is 18.6 Å². The Hall–Kier alpha value is -3.13. The molecule has 33 heavy (non-hydrogen) atoms. The second kappa shape index (κ2) is 12.2. The molecule has 2 aromatic carbocycles. The van der Waals surface area contributed by atoms with Crippen molar-refractivity contribution in [3.8, 4) is 5.75 Å². The fourth-order valence-corrected chi connectivity index (χ4v) is 3.81. The number of ether oxygens (including phenoxy) is 1. The van der Waals surface area contributed by atoms with Gasteiger partial charge >= 0.3 is 0 Å². The molecule has 1 aliphatic heterocycles. The maximum atomic E-state index is 12.4. The normalized spacial score (nSPS) is 13.4. The highest BCUT2D eigenvalue weighted by molar-refractivity contribution is 7.80. The number of nitrogens with one attached hydrogen (secondary N) is 2. The molecule has 1 aliphatic rings. The van der Waals surface area contributed by atoms with Crippen LogP contribution in [0.4, 0.5) is 11.4 Å². The van der Waals surface area contributed by atoms with E-state index < -0.39 is 0 Å². The molecule has 1 saturated heterocycles. The number of piperazine rings is 1. The van der Waals surface area contributed by atoms with Gasteiger partial charge in [0.1, 0.15) is 5.75 Å². The monoisotopic (exact) mass is 468 g/mol. The number of benzene rings is 2. The molecular formula is C25H32N4O3S. The SMILES string of the molecule is CCCOc1ccc(C(=O)NC(=S)Nc2ccc(N3CCN(C(=O)CCC)CC3)cc2)cc1. The number of carbonyl (C=O) groups excluding carboxylic acids is 2. The molecule has 3 rings (SSSR count). The summed E-state index contributed by atoms with van der Waals surface area (Å²) in [4.78, 5) is 28.7. The highest BCUT2D eigenvalue weighted by Gasteiger charge is 2.20. The molecule has 1 fully saturated rings. The van der Waals surface area contributed by atoms with E-state index in [0.717, 1.165) is 56.1 Å². The largest absolute Gasteiger partial charge is 0.494 e. The molecule has 0 saturated carbocycles. The lowest BCUT2D eigenvalue weighted by atomic mass is 10.2. The Bertz CT molecular complexity index is 939. The minimum absolute atomic E-state index is 0.238. The molecule has 7 nitrogen and oxygen atoms in total. The third kappa shape index (κ3) is 7.18. The molecule has 0 unspecified atom stereocenters. The second-order valence-electron chi connectivity index (χ2n) is 7.95. The number of hydrogen-bond donors (Lipinski definition) is 2. The van der Waals surface area contributed by atoms with Gasteiger partial charge in [-0.15, -0.1) is 0 Å². The number of thiocarbonyl (C=S) groups is 1. The first-order valence-corrected chi connectivity index (χ1v) is 11.9. The van der Waals surface area contributed by atoms with Gasteiger partial charge in [0.2, 0.25) is 5.91 Å². The summed E-state index contributed by atoms with van der Waals surface area (Å²) in [6.45, 7) is 7.86. The van der Waals surface area contributed by atoms with E-state index in [1.165, 1.54) is 0 Å². The van der Waals surface area contributed by atoms with Crippen LogP contribution < -0.4 is 20.3 Å². The highest BCUT2D eigenvalue weighted by Crippen LogP contribution is 2.20. The number of rotatable bonds is 8. The van der Waals surface area contributed by atoms with Crippen molar-refractivity contribution in [1.82, 2.24) is 10.2 Å². The number of anilines is 2. The molecule has 2 amide bonds. The molecule has 1 heterocycles. The van der Waals surface area contributed by atoms with E-state index >= 15 is 0 Å². The Morgan fingerprint density at radius 3 is 2.21 bits per heavy atom. The topological polar surface area (TPSA) is 73.9 Å². The van der Waals surface area contributed by atoms with E-state index in [1.54, 1.807) is 24.3 Å². The van der Waals surface area contributed by atoms with Gasteiger partial charge in [0.25, 0.3) is 5.91 Å². The summed E-state index contributed by atoms with van der Waals surface area (Å²) in [6, 6.07) is 14.9. The van der Waals surface area contributed by atoms with Crippen molar-refractivity contribution in [2.24, 2.45) is 0 Å². The minimum atomic E-state index is -0.276. The third-order valence-corrected chi connectivity index (χ3v) is 5.61. The van der Waals surface area contributed by atoms with Crippen molar-refractivity contribution in [1.29, 1.82) is 0 Å². The van der Waals surface area contributed by atoms with Crippen molar-refractivity contribution < 1.29 is 14.3 Å². The summed E-state index contributed by atoms with van der Waals surface area (Å²) < 4.78 is 5.54. The second-order valence-corrected chi connectivity index (χ2v) is 8.35. The van der Waals surface area contributed by atoms with Gasteiger partial charge in [0, 0.05) is 49.5 Å². The van der Waals surface area contributed by atoms with Gasteiger partial charge in [-0.25, -0.2) is 0 Å².